The molecule has 1 rings (SSSR count). The molecule has 0 spiro atoms. The summed E-state index contributed by atoms with van der Waals surface area (Å²) in [5.41, 5.74) is -11.0. The van der Waals surface area contributed by atoms with Gasteiger partial charge in [0.05, 0.1) is 7.05 Å². The van der Waals surface area contributed by atoms with Gasteiger partial charge in [-0.15, -0.1) is 0 Å². The fourth-order valence-corrected chi connectivity index (χ4v) is 3.64. The number of rotatable bonds is 8. The molecule has 1 aromatic heterocycles. The van der Waals surface area contributed by atoms with E-state index in [1.165, 1.54) is 50.0 Å². The third-order valence-electron chi connectivity index (χ3n) is 3.58. The van der Waals surface area contributed by atoms with Crippen molar-refractivity contribution in [2.45, 2.75) is 63.4 Å². The summed E-state index contributed by atoms with van der Waals surface area (Å²) < 4.78 is 112. The standard InChI is InChI=1S/C12H22N2.C2F6NO4S2/c1-4-6-8-11-10-13-12(14(11)3)9-7-5-2;3-1(4,5)14(10,11)9-15(12,13)2(6,7)8/h10H,4-9H2,1-3H3;/q;-1/p+1. The van der Waals surface area contributed by atoms with Gasteiger partial charge in [0, 0.05) is 12.8 Å². The second kappa shape index (κ2) is 10.6. The van der Waals surface area contributed by atoms with Crippen LogP contribution in [0.15, 0.2) is 6.20 Å². The van der Waals surface area contributed by atoms with Crippen molar-refractivity contribution in [2.75, 3.05) is 0 Å². The number of aryl methyl sites for hydroxylation is 2. The Morgan fingerprint density at radius 1 is 0.897 bits per heavy atom. The normalized spacial score (nSPS) is 13.1. The molecule has 0 saturated carbocycles. The third kappa shape index (κ3) is 8.50. The van der Waals surface area contributed by atoms with Crippen LogP contribution in [0.4, 0.5) is 26.3 Å². The van der Waals surface area contributed by atoms with Crippen LogP contribution >= 0.6 is 0 Å². The molecule has 0 aromatic carbocycles. The summed E-state index contributed by atoms with van der Waals surface area (Å²) in [7, 11) is -11.3. The summed E-state index contributed by atoms with van der Waals surface area (Å²) >= 11 is 0. The molecular weight excluding hydrogens is 452 g/mol. The number of sulfonamides is 2. The van der Waals surface area contributed by atoms with Crippen LogP contribution < -0.4 is 4.57 Å². The summed E-state index contributed by atoms with van der Waals surface area (Å²) in [4.78, 5) is 3.38. The molecule has 0 bridgehead atoms. The number of imidazole rings is 1. The van der Waals surface area contributed by atoms with Crippen molar-refractivity contribution in [1.82, 2.24) is 4.98 Å². The lowest BCUT2D eigenvalue weighted by atomic mass is 10.2. The Labute approximate surface area is 165 Å². The third-order valence-corrected chi connectivity index (χ3v) is 6.32. The van der Waals surface area contributed by atoms with Gasteiger partial charge in [-0.25, -0.2) is 26.4 Å². The molecule has 0 fully saturated rings. The zero-order valence-corrected chi connectivity index (χ0v) is 17.6. The number of aromatic nitrogens is 2. The molecule has 0 amide bonds. The van der Waals surface area contributed by atoms with Gasteiger partial charge in [-0.3, -0.25) is 0 Å². The van der Waals surface area contributed by atoms with Crippen molar-refractivity contribution in [3.8, 4) is 0 Å². The van der Waals surface area contributed by atoms with Crippen molar-refractivity contribution >= 4 is 20.0 Å². The predicted molar refractivity (Wildman–Crippen MR) is 92.5 cm³/mol. The predicted octanol–water partition coefficient (Wildman–Crippen LogP) is 3.58. The van der Waals surface area contributed by atoms with Crippen molar-refractivity contribution in [3.05, 3.63) is 21.8 Å². The molecule has 0 aliphatic carbocycles. The highest BCUT2D eigenvalue weighted by atomic mass is 32.3. The molecule has 1 heterocycles. The van der Waals surface area contributed by atoms with Crippen molar-refractivity contribution in [3.63, 3.8) is 0 Å². The lowest BCUT2D eigenvalue weighted by Gasteiger charge is -2.22. The van der Waals surface area contributed by atoms with Gasteiger partial charge >= 0.3 is 11.0 Å². The van der Waals surface area contributed by atoms with E-state index >= 15 is 0 Å². The van der Waals surface area contributed by atoms with Gasteiger partial charge in [-0.05, 0) is 12.8 Å². The second-order valence-electron chi connectivity index (χ2n) is 5.91. The Bertz CT molecular complexity index is 778. The van der Waals surface area contributed by atoms with Gasteiger partial charge in [0.1, 0.15) is 11.9 Å². The topological polar surface area (TPSA) is 102 Å². The number of halogens is 6. The van der Waals surface area contributed by atoms with Gasteiger partial charge in [0.25, 0.3) is 5.82 Å². The van der Waals surface area contributed by atoms with Crippen LogP contribution in [0, 0.1) is 0 Å². The molecule has 29 heavy (non-hydrogen) atoms. The molecule has 15 heteroatoms. The fraction of sp³-hybridized carbons (Fsp3) is 0.786. The highest BCUT2D eigenvalue weighted by Gasteiger charge is 2.46. The molecule has 0 radical (unpaired) electrons. The first-order valence-electron chi connectivity index (χ1n) is 8.42. The Hall–Kier alpha value is -1.35. The second-order valence-corrected chi connectivity index (χ2v) is 9.33. The van der Waals surface area contributed by atoms with E-state index in [2.05, 4.69) is 36.6 Å². The Balaban J connectivity index is 0.000000541. The van der Waals surface area contributed by atoms with Gasteiger partial charge in [-0.2, -0.15) is 26.3 Å². The zero-order valence-electron chi connectivity index (χ0n) is 15.9. The Morgan fingerprint density at radius 2 is 1.31 bits per heavy atom. The highest BCUT2D eigenvalue weighted by Crippen LogP contribution is 2.36. The van der Waals surface area contributed by atoms with E-state index in [1.54, 1.807) is 0 Å². The Morgan fingerprint density at radius 3 is 1.69 bits per heavy atom. The number of H-pyrrole nitrogens is 1. The van der Waals surface area contributed by atoms with E-state index in [0.29, 0.717) is 0 Å². The smallest absolute Gasteiger partial charge is 0.421 e. The average molecular weight is 475 g/mol. The average Bonchev–Trinajstić information content (AvgIpc) is 2.88. The maximum atomic E-state index is 11.4. The largest absolute Gasteiger partial charge is 0.480 e. The van der Waals surface area contributed by atoms with Crippen LogP contribution in [-0.2, 0) is 39.9 Å². The molecule has 0 unspecified atom stereocenters. The first kappa shape index (κ1) is 27.6. The van der Waals surface area contributed by atoms with E-state index in [0.717, 1.165) is 4.13 Å². The number of nitrogens with one attached hydrogen (secondary N) is 1. The number of hydrogen-bond donors (Lipinski definition) is 1. The molecule has 0 saturated heterocycles. The minimum atomic E-state index is -6.72. The van der Waals surface area contributed by atoms with Crippen LogP contribution in [0.2, 0.25) is 0 Å². The maximum absolute atomic E-state index is 11.4. The highest BCUT2D eigenvalue weighted by molar-refractivity contribution is 8.13. The van der Waals surface area contributed by atoms with Crippen LogP contribution in [0.25, 0.3) is 4.13 Å². The van der Waals surface area contributed by atoms with Gasteiger partial charge in [0.15, 0.2) is 20.0 Å². The lowest BCUT2D eigenvalue weighted by Crippen LogP contribution is -2.35. The zero-order chi connectivity index (χ0) is 23.1. The van der Waals surface area contributed by atoms with E-state index < -0.39 is 31.1 Å². The minimum Gasteiger partial charge on any atom is -0.421 e. The van der Waals surface area contributed by atoms with Crippen molar-refractivity contribution in [2.24, 2.45) is 7.05 Å². The molecule has 172 valence electrons. The first-order valence-corrected chi connectivity index (χ1v) is 11.3. The molecule has 7 nitrogen and oxygen atoms in total. The van der Waals surface area contributed by atoms with E-state index in [-0.39, 0.29) is 0 Å². The summed E-state index contributed by atoms with van der Waals surface area (Å²) in [6.07, 6.45) is 9.66. The summed E-state index contributed by atoms with van der Waals surface area (Å²) in [6.45, 7) is 4.48. The summed E-state index contributed by atoms with van der Waals surface area (Å²) in [5, 5.41) is 0. The fourth-order valence-electron chi connectivity index (χ4n) is 1.93. The van der Waals surface area contributed by atoms with E-state index in [4.69, 9.17) is 0 Å². The van der Waals surface area contributed by atoms with E-state index in [9.17, 15) is 43.2 Å². The summed E-state index contributed by atoms with van der Waals surface area (Å²) in [6, 6.07) is 0. The van der Waals surface area contributed by atoms with Crippen LogP contribution in [-0.4, -0.2) is 32.8 Å². The summed E-state index contributed by atoms with van der Waals surface area (Å²) in [5.74, 6) is 1.37. The monoisotopic (exact) mass is 475 g/mol. The number of hydrogen-bond acceptors (Lipinski definition) is 4. The van der Waals surface area contributed by atoms with Crippen LogP contribution in [0.5, 0.6) is 0 Å². The van der Waals surface area contributed by atoms with Gasteiger partial charge in [-0.1, -0.05) is 26.7 Å². The minimum absolute atomic E-state index is 0.778. The van der Waals surface area contributed by atoms with E-state index in [1.807, 2.05) is 0 Å². The molecule has 1 N–H and O–H groups in total. The number of aromatic amines is 1. The SMILES string of the molecule is CCCCc1c[nH]c(CCCC)[n+]1C.O=S(=O)([N-]S(=O)(=O)C(F)(F)F)C(F)(F)F. The van der Waals surface area contributed by atoms with Crippen molar-refractivity contribution in [1.29, 1.82) is 0 Å². The Kier molecular flexibility index (Phi) is 10.1. The molecule has 0 aliphatic heterocycles. The lowest BCUT2D eigenvalue weighted by molar-refractivity contribution is -0.685. The molecular formula is C14H23F6N3O4S2. The quantitative estimate of drug-likeness (QED) is 0.459. The molecule has 1 aromatic rings. The molecule has 0 atom stereocenters. The number of nitrogens with zero attached hydrogens (tertiary/aromatic N) is 2. The number of unbranched alkanes of at least 4 members (excludes halogenated alkanes) is 2. The van der Waals surface area contributed by atoms with Crippen molar-refractivity contribution < 1.29 is 47.7 Å². The molecule has 0 aliphatic rings. The van der Waals surface area contributed by atoms with Crippen LogP contribution in [0.1, 0.15) is 51.0 Å². The van der Waals surface area contributed by atoms with Crippen LogP contribution in [0.3, 0.4) is 0 Å². The van der Waals surface area contributed by atoms with Gasteiger partial charge < -0.3 is 4.13 Å². The first-order chi connectivity index (χ1) is 13.0. The maximum Gasteiger partial charge on any atom is 0.480 e. The van der Waals surface area contributed by atoms with Gasteiger partial charge in [0.2, 0.25) is 0 Å². The number of alkyl halides is 6.